The van der Waals surface area contributed by atoms with Gasteiger partial charge in [-0.3, -0.25) is 5.84 Å². The summed E-state index contributed by atoms with van der Waals surface area (Å²) in [5.74, 6) is 5.30. The SMILES string of the molecule is Cc1cnc(C(C)NS(=O)(=O)c2ncccc2NN)s1. The summed E-state index contributed by atoms with van der Waals surface area (Å²) in [6, 6.07) is 2.70. The van der Waals surface area contributed by atoms with Crippen LogP contribution in [0.25, 0.3) is 0 Å². The van der Waals surface area contributed by atoms with Crippen molar-refractivity contribution < 1.29 is 8.42 Å². The van der Waals surface area contributed by atoms with Gasteiger partial charge in [-0.1, -0.05) is 0 Å². The molecule has 0 radical (unpaired) electrons. The standard InChI is InChI=1S/C11H15N5O2S2/c1-7-6-14-10(19-7)8(2)16-20(17,18)11-9(15-12)4-3-5-13-11/h3-6,8,15-16H,12H2,1-2H3. The van der Waals surface area contributed by atoms with Crippen LogP contribution in [0.1, 0.15) is 22.9 Å². The molecule has 4 N–H and O–H groups in total. The Balaban J connectivity index is 2.27. The predicted molar refractivity (Wildman–Crippen MR) is 77.6 cm³/mol. The summed E-state index contributed by atoms with van der Waals surface area (Å²) >= 11 is 1.44. The minimum atomic E-state index is -3.78. The van der Waals surface area contributed by atoms with Crippen LogP contribution in [0.5, 0.6) is 0 Å². The third kappa shape index (κ3) is 3.12. The normalized spacial score (nSPS) is 13.2. The number of hydrogen-bond donors (Lipinski definition) is 3. The predicted octanol–water partition coefficient (Wildman–Crippen LogP) is 1.17. The highest BCUT2D eigenvalue weighted by Crippen LogP contribution is 2.23. The summed E-state index contributed by atoms with van der Waals surface area (Å²) in [4.78, 5) is 9.05. The maximum atomic E-state index is 12.3. The number of hydrogen-bond acceptors (Lipinski definition) is 7. The first-order valence-electron chi connectivity index (χ1n) is 5.80. The van der Waals surface area contributed by atoms with Crippen LogP contribution in [-0.4, -0.2) is 18.4 Å². The van der Waals surface area contributed by atoms with Crippen molar-refractivity contribution in [3.05, 3.63) is 34.4 Å². The second-order valence-corrected chi connectivity index (χ2v) is 7.05. The second-order valence-electron chi connectivity index (χ2n) is 4.15. The Morgan fingerprint density at radius 3 is 2.75 bits per heavy atom. The maximum Gasteiger partial charge on any atom is 0.260 e. The Hall–Kier alpha value is -1.55. The molecule has 9 heteroatoms. The Labute approximate surface area is 121 Å². The van der Waals surface area contributed by atoms with Gasteiger partial charge < -0.3 is 5.43 Å². The number of aromatic nitrogens is 2. The zero-order valence-corrected chi connectivity index (χ0v) is 12.6. The summed E-state index contributed by atoms with van der Waals surface area (Å²) in [6.45, 7) is 3.64. The topological polar surface area (TPSA) is 110 Å². The Morgan fingerprint density at radius 2 is 2.15 bits per heavy atom. The number of aryl methyl sites for hydroxylation is 1. The summed E-state index contributed by atoms with van der Waals surface area (Å²) in [7, 11) is -3.78. The highest BCUT2D eigenvalue weighted by molar-refractivity contribution is 7.89. The van der Waals surface area contributed by atoms with Gasteiger partial charge in [0.05, 0.1) is 11.7 Å². The van der Waals surface area contributed by atoms with E-state index in [1.165, 1.54) is 17.5 Å². The van der Waals surface area contributed by atoms with Gasteiger partial charge >= 0.3 is 0 Å². The molecule has 0 saturated heterocycles. The summed E-state index contributed by atoms with van der Waals surface area (Å²) in [5, 5.41) is 0.562. The Morgan fingerprint density at radius 1 is 1.40 bits per heavy atom. The summed E-state index contributed by atoms with van der Waals surface area (Å²) in [5.41, 5.74) is 2.56. The van der Waals surface area contributed by atoms with Crippen molar-refractivity contribution in [2.45, 2.75) is 24.9 Å². The molecule has 7 nitrogen and oxygen atoms in total. The van der Waals surface area contributed by atoms with Gasteiger partial charge in [-0.2, -0.15) is 0 Å². The molecule has 0 amide bonds. The molecule has 1 unspecified atom stereocenters. The molecule has 2 rings (SSSR count). The van der Waals surface area contributed by atoms with Crippen molar-refractivity contribution in [2.75, 3.05) is 5.43 Å². The number of nitrogens with zero attached hydrogens (tertiary/aromatic N) is 2. The largest absolute Gasteiger partial charge is 0.321 e. The lowest BCUT2D eigenvalue weighted by atomic mass is 10.4. The van der Waals surface area contributed by atoms with Crippen molar-refractivity contribution in [1.82, 2.24) is 14.7 Å². The van der Waals surface area contributed by atoms with Gasteiger partial charge in [-0.15, -0.1) is 11.3 Å². The molecule has 2 heterocycles. The van der Waals surface area contributed by atoms with E-state index < -0.39 is 16.1 Å². The third-order valence-corrected chi connectivity index (χ3v) is 5.12. The molecule has 108 valence electrons. The van der Waals surface area contributed by atoms with Gasteiger partial charge in [-0.25, -0.2) is 23.1 Å². The fraction of sp³-hybridized carbons (Fsp3) is 0.273. The second kappa shape index (κ2) is 5.83. The van der Waals surface area contributed by atoms with E-state index in [0.29, 0.717) is 5.01 Å². The molecule has 0 spiro atoms. The smallest absolute Gasteiger partial charge is 0.260 e. The third-order valence-electron chi connectivity index (χ3n) is 2.52. The van der Waals surface area contributed by atoms with Crippen molar-refractivity contribution in [3.63, 3.8) is 0 Å². The average molecular weight is 313 g/mol. The van der Waals surface area contributed by atoms with Crippen LogP contribution in [0, 0.1) is 6.92 Å². The zero-order valence-electron chi connectivity index (χ0n) is 11.0. The average Bonchev–Trinajstić information content (AvgIpc) is 2.85. The number of thiazole rings is 1. The van der Waals surface area contributed by atoms with Crippen molar-refractivity contribution in [1.29, 1.82) is 0 Å². The fourth-order valence-electron chi connectivity index (χ4n) is 1.63. The molecule has 0 aromatic carbocycles. The molecule has 2 aromatic rings. The molecule has 0 aliphatic carbocycles. The minimum Gasteiger partial charge on any atom is -0.321 e. The Bertz CT molecular complexity index is 698. The van der Waals surface area contributed by atoms with Crippen LogP contribution in [0.3, 0.4) is 0 Å². The quantitative estimate of drug-likeness (QED) is 0.564. The minimum absolute atomic E-state index is 0.136. The molecule has 0 saturated carbocycles. The van der Waals surface area contributed by atoms with Crippen molar-refractivity contribution in [2.24, 2.45) is 5.84 Å². The molecule has 0 fully saturated rings. The molecular formula is C11H15N5O2S2. The van der Waals surface area contributed by atoms with E-state index in [1.54, 1.807) is 25.3 Å². The van der Waals surface area contributed by atoms with Crippen molar-refractivity contribution >= 4 is 27.0 Å². The van der Waals surface area contributed by atoms with E-state index in [4.69, 9.17) is 5.84 Å². The van der Waals surface area contributed by atoms with E-state index >= 15 is 0 Å². The monoisotopic (exact) mass is 313 g/mol. The maximum absolute atomic E-state index is 12.3. The molecule has 20 heavy (non-hydrogen) atoms. The molecule has 2 aromatic heterocycles. The molecule has 0 aliphatic heterocycles. The number of rotatable bonds is 5. The molecule has 0 bridgehead atoms. The highest BCUT2D eigenvalue weighted by Gasteiger charge is 2.23. The van der Waals surface area contributed by atoms with E-state index in [0.717, 1.165) is 4.88 Å². The zero-order chi connectivity index (χ0) is 14.8. The number of nitrogen functional groups attached to an aromatic ring is 1. The molecule has 1 atom stereocenters. The molecular weight excluding hydrogens is 298 g/mol. The summed E-state index contributed by atoms with van der Waals surface area (Å²) in [6.07, 6.45) is 3.10. The van der Waals surface area contributed by atoms with Crippen molar-refractivity contribution in [3.8, 4) is 0 Å². The first-order valence-corrected chi connectivity index (χ1v) is 8.10. The van der Waals surface area contributed by atoms with Crippen LogP contribution in [-0.2, 0) is 10.0 Å². The van der Waals surface area contributed by atoms with Gasteiger partial charge in [0.2, 0.25) is 0 Å². The van der Waals surface area contributed by atoms with Gasteiger partial charge in [0.15, 0.2) is 5.03 Å². The number of nitrogens with one attached hydrogen (secondary N) is 2. The van der Waals surface area contributed by atoms with Gasteiger partial charge in [0.25, 0.3) is 10.0 Å². The summed E-state index contributed by atoms with van der Waals surface area (Å²) < 4.78 is 27.2. The molecule has 0 aliphatic rings. The highest BCUT2D eigenvalue weighted by atomic mass is 32.2. The lowest BCUT2D eigenvalue weighted by Gasteiger charge is -2.13. The van der Waals surface area contributed by atoms with Crippen LogP contribution < -0.4 is 16.0 Å². The van der Waals surface area contributed by atoms with Gasteiger partial charge in [0, 0.05) is 17.3 Å². The van der Waals surface area contributed by atoms with E-state index in [9.17, 15) is 8.42 Å². The first kappa shape index (κ1) is 14.9. The van der Waals surface area contributed by atoms with Gasteiger partial charge in [-0.05, 0) is 26.0 Å². The number of sulfonamides is 1. The van der Waals surface area contributed by atoms with E-state index in [-0.39, 0.29) is 10.7 Å². The number of nitrogens with two attached hydrogens (primary N) is 1. The number of pyridine rings is 1. The number of anilines is 1. The van der Waals surface area contributed by atoms with E-state index in [1.807, 2.05) is 6.92 Å². The van der Waals surface area contributed by atoms with Crippen LogP contribution in [0.15, 0.2) is 29.6 Å². The first-order chi connectivity index (χ1) is 9.44. The van der Waals surface area contributed by atoms with E-state index in [2.05, 4.69) is 20.1 Å². The van der Waals surface area contributed by atoms with Crippen LogP contribution >= 0.6 is 11.3 Å². The van der Waals surface area contributed by atoms with Crippen LogP contribution in [0.2, 0.25) is 0 Å². The van der Waals surface area contributed by atoms with Gasteiger partial charge in [0.1, 0.15) is 5.01 Å². The lowest BCUT2D eigenvalue weighted by Crippen LogP contribution is -2.28. The number of hydrazine groups is 1. The lowest BCUT2D eigenvalue weighted by molar-refractivity contribution is 0.563. The van der Waals surface area contributed by atoms with Crippen LogP contribution in [0.4, 0.5) is 5.69 Å². The fourth-order valence-corrected chi connectivity index (χ4v) is 3.78. The Kier molecular flexibility index (Phi) is 4.33.